The van der Waals surface area contributed by atoms with Crippen LogP contribution in [0.5, 0.6) is 5.75 Å². The van der Waals surface area contributed by atoms with Crippen molar-refractivity contribution in [2.75, 3.05) is 26.3 Å². The van der Waals surface area contributed by atoms with E-state index in [2.05, 4.69) is 21.8 Å². The van der Waals surface area contributed by atoms with Gasteiger partial charge < -0.3 is 19.4 Å². The van der Waals surface area contributed by atoms with Crippen LogP contribution in [0.2, 0.25) is 0 Å². The Kier molecular flexibility index (Phi) is 8.74. The van der Waals surface area contributed by atoms with Crippen LogP contribution >= 0.6 is 0 Å². The van der Waals surface area contributed by atoms with E-state index in [1.165, 1.54) is 0 Å². The number of carbonyl (C=O) groups excluding carboxylic acids is 2. The van der Waals surface area contributed by atoms with Crippen molar-refractivity contribution < 1.29 is 19.1 Å². The zero-order valence-electron chi connectivity index (χ0n) is 18.9. The first-order chi connectivity index (χ1) is 16.0. The molecule has 0 unspecified atom stereocenters. The van der Waals surface area contributed by atoms with E-state index in [1.807, 2.05) is 12.1 Å². The third-order valence-electron chi connectivity index (χ3n) is 5.43. The Balaban J connectivity index is 1.59. The molecule has 0 bridgehead atoms. The Labute approximate surface area is 192 Å². The summed E-state index contributed by atoms with van der Waals surface area (Å²) in [5.41, 5.74) is 0.495. The molecule has 0 spiro atoms. The van der Waals surface area contributed by atoms with E-state index in [1.54, 1.807) is 30.0 Å². The van der Waals surface area contributed by atoms with Crippen LogP contribution in [0.4, 0.5) is 0 Å². The molecule has 33 heavy (non-hydrogen) atoms. The van der Waals surface area contributed by atoms with Gasteiger partial charge in [0.15, 0.2) is 5.82 Å². The number of carbonyl (C=O) groups is 2. The standard InChI is InChI=1S/C24H30N4O5/c1-3-5-14-33-19-10-6-8-17(15-19)22-25-23(30)20(26-27-22)11-12-21(29)28-13-7-9-18(16-28)24(31)32-4-2/h3,6,8,10,15,18H,1,4-5,7,9,11-14,16H2,2H3,(H,25,27,30)/t18-/m0/s1. The molecular weight excluding hydrogens is 424 g/mol. The minimum absolute atomic E-state index is 0.112. The summed E-state index contributed by atoms with van der Waals surface area (Å²) in [7, 11) is 0. The lowest BCUT2D eigenvalue weighted by atomic mass is 9.98. The molecule has 1 atom stereocenters. The molecule has 3 rings (SSSR count). The number of aryl methyl sites for hydroxylation is 1. The maximum atomic E-state index is 12.6. The summed E-state index contributed by atoms with van der Waals surface area (Å²) in [5.74, 6) is 0.329. The van der Waals surface area contributed by atoms with E-state index in [0.717, 1.165) is 19.3 Å². The predicted molar refractivity (Wildman–Crippen MR) is 123 cm³/mol. The van der Waals surface area contributed by atoms with Crippen molar-refractivity contribution in [3.8, 4) is 17.1 Å². The van der Waals surface area contributed by atoms with Gasteiger partial charge in [-0.1, -0.05) is 18.2 Å². The summed E-state index contributed by atoms with van der Waals surface area (Å²) >= 11 is 0. The lowest BCUT2D eigenvalue weighted by molar-refractivity contribution is -0.151. The highest BCUT2D eigenvalue weighted by Crippen LogP contribution is 2.21. The Hall–Kier alpha value is -3.49. The van der Waals surface area contributed by atoms with E-state index < -0.39 is 0 Å². The van der Waals surface area contributed by atoms with Gasteiger partial charge >= 0.3 is 5.97 Å². The summed E-state index contributed by atoms with van der Waals surface area (Å²) in [4.78, 5) is 41.6. The maximum absolute atomic E-state index is 12.6. The van der Waals surface area contributed by atoms with Crippen LogP contribution in [0.3, 0.4) is 0 Å². The van der Waals surface area contributed by atoms with Crippen LogP contribution in [0, 0.1) is 5.92 Å². The van der Waals surface area contributed by atoms with Gasteiger partial charge in [-0.15, -0.1) is 16.8 Å². The smallest absolute Gasteiger partial charge is 0.310 e. The number of hydrogen-bond acceptors (Lipinski definition) is 7. The van der Waals surface area contributed by atoms with Crippen LogP contribution in [-0.4, -0.2) is 58.3 Å². The Morgan fingerprint density at radius 2 is 2.18 bits per heavy atom. The van der Waals surface area contributed by atoms with Crippen molar-refractivity contribution in [2.24, 2.45) is 5.92 Å². The molecule has 1 saturated heterocycles. The number of aromatic amines is 1. The average molecular weight is 455 g/mol. The molecule has 2 heterocycles. The monoisotopic (exact) mass is 454 g/mol. The van der Waals surface area contributed by atoms with Gasteiger partial charge in [0.05, 0.1) is 19.1 Å². The number of rotatable bonds is 10. The number of nitrogens with one attached hydrogen (secondary N) is 1. The fourth-order valence-corrected chi connectivity index (χ4v) is 3.69. The first-order valence-electron chi connectivity index (χ1n) is 11.3. The van der Waals surface area contributed by atoms with Gasteiger partial charge in [0.2, 0.25) is 5.91 Å². The number of likely N-dealkylation sites (tertiary alicyclic amines) is 1. The number of benzene rings is 1. The predicted octanol–water partition coefficient (Wildman–Crippen LogP) is 2.52. The number of amides is 1. The van der Waals surface area contributed by atoms with Crippen LogP contribution < -0.4 is 10.3 Å². The van der Waals surface area contributed by atoms with Crippen molar-refractivity contribution in [3.63, 3.8) is 0 Å². The van der Waals surface area contributed by atoms with E-state index in [9.17, 15) is 14.4 Å². The molecule has 9 nitrogen and oxygen atoms in total. The molecule has 1 aromatic heterocycles. The molecular formula is C24H30N4O5. The molecule has 9 heteroatoms. The highest BCUT2D eigenvalue weighted by atomic mass is 16.5. The molecule has 2 aromatic rings. The highest BCUT2D eigenvalue weighted by Gasteiger charge is 2.29. The minimum atomic E-state index is -0.381. The number of H-pyrrole nitrogens is 1. The summed E-state index contributed by atoms with van der Waals surface area (Å²) in [6.07, 6.45) is 4.28. The zero-order valence-corrected chi connectivity index (χ0v) is 18.9. The van der Waals surface area contributed by atoms with Gasteiger partial charge in [-0.25, -0.2) is 0 Å². The Morgan fingerprint density at radius 3 is 2.94 bits per heavy atom. The number of esters is 1. The third kappa shape index (κ3) is 6.74. The molecule has 1 aromatic carbocycles. The SMILES string of the molecule is C=CCCOc1cccc(-c2nnc(CCC(=O)N3CCC[C@H](C(=O)OCC)C3)c(=O)[nH]2)c1. The molecule has 0 aliphatic carbocycles. The van der Waals surface area contributed by atoms with Gasteiger partial charge in [-0.3, -0.25) is 14.4 Å². The molecule has 1 aliphatic heterocycles. The summed E-state index contributed by atoms with van der Waals surface area (Å²) in [5, 5.41) is 8.18. The largest absolute Gasteiger partial charge is 0.493 e. The number of hydrogen-bond donors (Lipinski definition) is 1. The molecule has 176 valence electrons. The maximum Gasteiger partial charge on any atom is 0.310 e. The number of aromatic nitrogens is 3. The summed E-state index contributed by atoms with van der Waals surface area (Å²) in [6.45, 7) is 7.22. The zero-order chi connectivity index (χ0) is 23.6. The fraction of sp³-hybridized carbons (Fsp3) is 0.458. The van der Waals surface area contributed by atoms with Crippen molar-refractivity contribution in [1.82, 2.24) is 20.1 Å². The quantitative estimate of drug-likeness (QED) is 0.333. The van der Waals surface area contributed by atoms with E-state index in [-0.39, 0.29) is 41.9 Å². The third-order valence-corrected chi connectivity index (χ3v) is 5.43. The first-order valence-corrected chi connectivity index (χ1v) is 11.3. The summed E-state index contributed by atoms with van der Waals surface area (Å²) < 4.78 is 10.7. The molecule has 1 amide bonds. The summed E-state index contributed by atoms with van der Waals surface area (Å²) in [6, 6.07) is 7.22. The van der Waals surface area contributed by atoms with Gasteiger partial charge in [-0.2, -0.15) is 0 Å². The number of ether oxygens (including phenoxy) is 2. The molecule has 1 N–H and O–H groups in total. The molecule has 0 saturated carbocycles. The molecule has 0 radical (unpaired) electrons. The van der Waals surface area contributed by atoms with Gasteiger partial charge in [0.25, 0.3) is 5.56 Å². The fourth-order valence-electron chi connectivity index (χ4n) is 3.69. The molecule has 1 fully saturated rings. The van der Waals surface area contributed by atoms with Crippen LogP contribution in [0.25, 0.3) is 11.4 Å². The second-order valence-corrected chi connectivity index (χ2v) is 7.83. The van der Waals surface area contributed by atoms with Crippen LogP contribution in [0.15, 0.2) is 41.7 Å². The number of nitrogens with zero attached hydrogens (tertiary/aromatic N) is 3. The lowest BCUT2D eigenvalue weighted by Gasteiger charge is -2.31. The van der Waals surface area contributed by atoms with Crippen molar-refractivity contribution >= 4 is 11.9 Å². The van der Waals surface area contributed by atoms with E-state index >= 15 is 0 Å². The Morgan fingerprint density at radius 1 is 1.33 bits per heavy atom. The molecule has 1 aliphatic rings. The van der Waals surface area contributed by atoms with Crippen LogP contribution in [-0.2, 0) is 20.7 Å². The van der Waals surface area contributed by atoms with E-state index in [4.69, 9.17) is 9.47 Å². The van der Waals surface area contributed by atoms with E-state index in [0.29, 0.717) is 43.4 Å². The van der Waals surface area contributed by atoms with Gasteiger partial charge in [0, 0.05) is 31.5 Å². The van der Waals surface area contributed by atoms with Crippen LogP contribution in [0.1, 0.15) is 38.3 Å². The minimum Gasteiger partial charge on any atom is -0.493 e. The van der Waals surface area contributed by atoms with Crippen molar-refractivity contribution in [3.05, 3.63) is 53.0 Å². The second-order valence-electron chi connectivity index (χ2n) is 7.83. The average Bonchev–Trinajstić information content (AvgIpc) is 2.83. The van der Waals surface area contributed by atoms with Gasteiger partial charge in [0.1, 0.15) is 11.4 Å². The van der Waals surface area contributed by atoms with Crippen molar-refractivity contribution in [2.45, 2.75) is 39.0 Å². The topological polar surface area (TPSA) is 114 Å². The highest BCUT2D eigenvalue weighted by molar-refractivity contribution is 5.78. The lowest BCUT2D eigenvalue weighted by Crippen LogP contribution is -2.43. The van der Waals surface area contributed by atoms with Gasteiger partial charge in [-0.05, 0) is 38.3 Å². The second kappa shape index (κ2) is 11.9. The normalized spacial score (nSPS) is 15.7. The Bertz CT molecular complexity index is 1040. The number of piperidine rings is 1. The first kappa shape index (κ1) is 24.2. The van der Waals surface area contributed by atoms with Crippen molar-refractivity contribution in [1.29, 1.82) is 0 Å².